The molecule has 23 heavy (non-hydrogen) atoms. The minimum Gasteiger partial charge on any atom is -0.399 e. The summed E-state index contributed by atoms with van der Waals surface area (Å²) < 4.78 is 0. The van der Waals surface area contributed by atoms with Gasteiger partial charge >= 0.3 is 0 Å². The van der Waals surface area contributed by atoms with Gasteiger partial charge in [0.25, 0.3) is 5.91 Å². The zero-order valence-electron chi connectivity index (χ0n) is 12.5. The van der Waals surface area contributed by atoms with Crippen molar-refractivity contribution in [3.05, 3.63) is 78.4 Å². The molecule has 5 N–H and O–H groups in total. The lowest BCUT2D eigenvalue weighted by molar-refractivity contribution is 0.102. The van der Waals surface area contributed by atoms with Crippen LogP contribution in [0.3, 0.4) is 0 Å². The van der Waals surface area contributed by atoms with Crippen LogP contribution in [0, 0.1) is 0 Å². The summed E-state index contributed by atoms with van der Waals surface area (Å²) >= 11 is 0. The quantitative estimate of drug-likeness (QED) is 0.644. The van der Waals surface area contributed by atoms with Gasteiger partial charge in [0.1, 0.15) is 0 Å². The Morgan fingerprint density at radius 3 is 2.13 bits per heavy atom. The van der Waals surface area contributed by atoms with Gasteiger partial charge in [-0.3, -0.25) is 4.79 Å². The van der Waals surface area contributed by atoms with Gasteiger partial charge in [-0.05, 0) is 47.5 Å². The molecule has 0 fully saturated rings. The first-order valence-corrected chi connectivity index (χ1v) is 7.25. The molecular formula is C19H17N3O. The second-order valence-electron chi connectivity index (χ2n) is 5.24. The Labute approximate surface area is 134 Å². The molecule has 0 unspecified atom stereocenters. The van der Waals surface area contributed by atoms with E-state index in [9.17, 15) is 4.79 Å². The van der Waals surface area contributed by atoms with Gasteiger partial charge in [0.2, 0.25) is 0 Å². The van der Waals surface area contributed by atoms with E-state index in [1.54, 1.807) is 18.2 Å². The Bertz CT molecular complexity index is 827. The van der Waals surface area contributed by atoms with Crippen molar-refractivity contribution in [2.24, 2.45) is 0 Å². The van der Waals surface area contributed by atoms with Gasteiger partial charge in [-0.2, -0.15) is 0 Å². The number of hydrogen-bond acceptors (Lipinski definition) is 3. The van der Waals surface area contributed by atoms with Crippen molar-refractivity contribution in [1.82, 2.24) is 0 Å². The van der Waals surface area contributed by atoms with Crippen molar-refractivity contribution in [2.75, 3.05) is 16.8 Å². The lowest BCUT2D eigenvalue weighted by Gasteiger charge is -2.11. The Kier molecular flexibility index (Phi) is 3.97. The molecule has 4 heteroatoms. The molecule has 4 nitrogen and oxygen atoms in total. The summed E-state index contributed by atoms with van der Waals surface area (Å²) in [6, 6.07) is 22.1. The summed E-state index contributed by atoms with van der Waals surface area (Å²) in [7, 11) is 0. The Morgan fingerprint density at radius 2 is 1.43 bits per heavy atom. The molecule has 0 radical (unpaired) electrons. The SMILES string of the molecule is Nc1ccc(-c2ccc(N)c(NC(=O)c3ccccc3)c2)cc1. The van der Waals surface area contributed by atoms with Gasteiger partial charge in [0.15, 0.2) is 0 Å². The summed E-state index contributed by atoms with van der Waals surface area (Å²) in [5.41, 5.74) is 16.1. The fourth-order valence-corrected chi connectivity index (χ4v) is 2.30. The maximum Gasteiger partial charge on any atom is 0.255 e. The van der Waals surface area contributed by atoms with Gasteiger partial charge in [0, 0.05) is 11.3 Å². The van der Waals surface area contributed by atoms with Gasteiger partial charge in [-0.1, -0.05) is 36.4 Å². The van der Waals surface area contributed by atoms with E-state index in [1.807, 2.05) is 54.6 Å². The van der Waals surface area contributed by atoms with E-state index in [-0.39, 0.29) is 5.91 Å². The summed E-state index contributed by atoms with van der Waals surface area (Å²) in [5, 5.41) is 2.86. The van der Waals surface area contributed by atoms with Crippen LogP contribution in [0.2, 0.25) is 0 Å². The fraction of sp³-hybridized carbons (Fsp3) is 0. The van der Waals surface area contributed by atoms with Crippen LogP contribution in [-0.4, -0.2) is 5.91 Å². The molecule has 0 spiro atoms. The Balaban J connectivity index is 1.89. The first-order valence-electron chi connectivity index (χ1n) is 7.25. The predicted molar refractivity (Wildman–Crippen MR) is 95.1 cm³/mol. The molecule has 0 aliphatic heterocycles. The average Bonchev–Trinajstić information content (AvgIpc) is 2.58. The molecule has 0 atom stereocenters. The summed E-state index contributed by atoms with van der Waals surface area (Å²) in [4.78, 5) is 12.3. The van der Waals surface area contributed by atoms with Gasteiger partial charge in [-0.15, -0.1) is 0 Å². The second kappa shape index (κ2) is 6.23. The van der Waals surface area contributed by atoms with Crippen LogP contribution in [0.4, 0.5) is 17.1 Å². The third-order valence-corrected chi connectivity index (χ3v) is 3.58. The van der Waals surface area contributed by atoms with Crippen LogP contribution >= 0.6 is 0 Å². The van der Waals surface area contributed by atoms with Crippen LogP contribution in [0.25, 0.3) is 11.1 Å². The van der Waals surface area contributed by atoms with Gasteiger partial charge in [0.05, 0.1) is 11.4 Å². The third-order valence-electron chi connectivity index (χ3n) is 3.58. The topological polar surface area (TPSA) is 81.1 Å². The largest absolute Gasteiger partial charge is 0.399 e. The molecule has 114 valence electrons. The molecule has 3 aromatic rings. The monoisotopic (exact) mass is 303 g/mol. The lowest BCUT2D eigenvalue weighted by Crippen LogP contribution is -2.13. The highest BCUT2D eigenvalue weighted by molar-refractivity contribution is 6.06. The van der Waals surface area contributed by atoms with Gasteiger partial charge < -0.3 is 16.8 Å². The number of hydrogen-bond donors (Lipinski definition) is 3. The molecular weight excluding hydrogens is 286 g/mol. The number of benzene rings is 3. The molecule has 1 amide bonds. The maximum absolute atomic E-state index is 12.3. The number of nitrogens with one attached hydrogen (secondary N) is 1. The number of anilines is 3. The van der Waals surface area contributed by atoms with E-state index in [4.69, 9.17) is 11.5 Å². The smallest absolute Gasteiger partial charge is 0.255 e. The van der Waals surface area contributed by atoms with Crippen LogP contribution in [-0.2, 0) is 0 Å². The minimum atomic E-state index is -0.188. The number of nitrogen functional groups attached to an aromatic ring is 2. The van der Waals surface area contributed by atoms with Crippen LogP contribution in [0.15, 0.2) is 72.8 Å². The molecule has 3 rings (SSSR count). The van der Waals surface area contributed by atoms with E-state index in [0.29, 0.717) is 22.6 Å². The van der Waals surface area contributed by atoms with E-state index >= 15 is 0 Å². The average molecular weight is 303 g/mol. The van der Waals surface area contributed by atoms with Crippen LogP contribution in [0.5, 0.6) is 0 Å². The van der Waals surface area contributed by atoms with E-state index in [1.165, 1.54) is 0 Å². The highest BCUT2D eigenvalue weighted by Crippen LogP contribution is 2.28. The Hall–Kier alpha value is -3.27. The highest BCUT2D eigenvalue weighted by Gasteiger charge is 2.09. The van der Waals surface area contributed by atoms with Crippen molar-refractivity contribution in [3.63, 3.8) is 0 Å². The normalized spacial score (nSPS) is 10.3. The first kappa shape index (κ1) is 14.7. The van der Waals surface area contributed by atoms with E-state index in [0.717, 1.165) is 11.1 Å². The third kappa shape index (κ3) is 3.32. The minimum absolute atomic E-state index is 0.188. The second-order valence-corrected chi connectivity index (χ2v) is 5.24. The number of carbonyl (C=O) groups excluding carboxylic acids is 1. The summed E-state index contributed by atoms with van der Waals surface area (Å²) in [5.74, 6) is -0.188. The zero-order valence-corrected chi connectivity index (χ0v) is 12.5. The van der Waals surface area contributed by atoms with Crippen LogP contribution in [0.1, 0.15) is 10.4 Å². The van der Waals surface area contributed by atoms with Crippen molar-refractivity contribution in [1.29, 1.82) is 0 Å². The molecule has 0 saturated carbocycles. The molecule has 0 bridgehead atoms. The van der Waals surface area contributed by atoms with Crippen molar-refractivity contribution < 1.29 is 4.79 Å². The van der Waals surface area contributed by atoms with Gasteiger partial charge in [-0.25, -0.2) is 0 Å². The first-order chi connectivity index (χ1) is 11.1. The van der Waals surface area contributed by atoms with E-state index < -0.39 is 0 Å². The molecule has 0 aliphatic rings. The molecule has 0 aromatic heterocycles. The van der Waals surface area contributed by atoms with Crippen molar-refractivity contribution in [2.45, 2.75) is 0 Å². The number of carbonyl (C=O) groups is 1. The van der Waals surface area contributed by atoms with Crippen LogP contribution < -0.4 is 16.8 Å². The van der Waals surface area contributed by atoms with Crippen molar-refractivity contribution >= 4 is 23.0 Å². The summed E-state index contributed by atoms with van der Waals surface area (Å²) in [6.45, 7) is 0. The fourth-order valence-electron chi connectivity index (χ4n) is 2.30. The lowest BCUT2D eigenvalue weighted by atomic mass is 10.0. The summed E-state index contributed by atoms with van der Waals surface area (Å²) in [6.07, 6.45) is 0. The zero-order chi connectivity index (χ0) is 16.2. The molecule has 0 heterocycles. The molecule has 3 aromatic carbocycles. The number of rotatable bonds is 3. The number of nitrogens with two attached hydrogens (primary N) is 2. The Morgan fingerprint density at radius 1 is 0.783 bits per heavy atom. The maximum atomic E-state index is 12.3. The predicted octanol–water partition coefficient (Wildman–Crippen LogP) is 3.77. The molecule has 0 aliphatic carbocycles. The van der Waals surface area contributed by atoms with Crippen molar-refractivity contribution in [3.8, 4) is 11.1 Å². The highest BCUT2D eigenvalue weighted by atomic mass is 16.1. The number of amides is 1. The van der Waals surface area contributed by atoms with E-state index in [2.05, 4.69) is 5.32 Å². The standard InChI is InChI=1S/C19H17N3O/c20-16-9-6-13(7-10-16)15-8-11-17(21)18(12-15)22-19(23)14-4-2-1-3-5-14/h1-12H,20-21H2,(H,22,23). The molecule has 0 saturated heterocycles.